The summed E-state index contributed by atoms with van der Waals surface area (Å²) in [6.45, 7) is 5.46. The van der Waals surface area contributed by atoms with Crippen LogP contribution in [0.2, 0.25) is 0 Å². The second kappa shape index (κ2) is 7.69. The lowest BCUT2D eigenvalue weighted by Gasteiger charge is -2.35. The van der Waals surface area contributed by atoms with E-state index in [-0.39, 0.29) is 18.6 Å². The van der Waals surface area contributed by atoms with E-state index in [1.165, 1.54) is 0 Å². The smallest absolute Gasteiger partial charge is 0.411 e. The van der Waals surface area contributed by atoms with Gasteiger partial charge in [-0.1, -0.05) is 0 Å². The lowest BCUT2D eigenvalue weighted by Crippen LogP contribution is -2.43. The molecule has 0 saturated carbocycles. The van der Waals surface area contributed by atoms with E-state index in [1.54, 1.807) is 0 Å². The molecule has 4 nitrogen and oxygen atoms in total. The maximum Gasteiger partial charge on any atom is 0.411 e. The summed E-state index contributed by atoms with van der Waals surface area (Å²) in [7, 11) is 0. The highest BCUT2D eigenvalue weighted by Crippen LogP contribution is 2.16. The minimum atomic E-state index is -4.30. The summed E-state index contributed by atoms with van der Waals surface area (Å²) in [4.78, 5) is 12.5. The van der Waals surface area contributed by atoms with Crippen LogP contribution in [-0.4, -0.2) is 54.0 Å². The number of rotatable bonds is 8. The van der Waals surface area contributed by atoms with E-state index in [4.69, 9.17) is 5.11 Å². The van der Waals surface area contributed by atoms with E-state index in [9.17, 15) is 18.0 Å². The van der Waals surface area contributed by atoms with E-state index in [0.29, 0.717) is 19.5 Å². The lowest BCUT2D eigenvalue weighted by atomic mass is 10.1. The van der Waals surface area contributed by atoms with Gasteiger partial charge in [-0.15, -0.1) is 0 Å². The van der Waals surface area contributed by atoms with Gasteiger partial charge in [0.25, 0.3) is 0 Å². The topological polar surface area (TPSA) is 49.8 Å². The predicted molar refractivity (Wildman–Crippen MR) is 65.1 cm³/mol. The van der Waals surface area contributed by atoms with Gasteiger partial charge in [-0.2, -0.15) is 13.2 Å². The van der Waals surface area contributed by atoms with Gasteiger partial charge in [0, 0.05) is 25.2 Å². The van der Waals surface area contributed by atoms with Crippen molar-refractivity contribution < 1.29 is 27.8 Å². The molecule has 1 N–H and O–H groups in total. The summed E-state index contributed by atoms with van der Waals surface area (Å²) in [6.07, 6.45) is -3.85. The van der Waals surface area contributed by atoms with E-state index in [1.807, 2.05) is 25.7 Å². The predicted octanol–water partition coefficient (Wildman–Crippen LogP) is 2.53. The zero-order valence-electron chi connectivity index (χ0n) is 11.6. The lowest BCUT2D eigenvalue weighted by molar-refractivity contribution is -0.174. The highest BCUT2D eigenvalue weighted by Gasteiger charge is 2.27. The SMILES string of the molecule is CC(C)(C)N(CCCOCC(F)(F)F)CCC(=O)O. The van der Waals surface area contributed by atoms with Crippen LogP contribution < -0.4 is 0 Å². The van der Waals surface area contributed by atoms with E-state index in [2.05, 4.69) is 4.74 Å². The first-order chi connectivity index (χ1) is 8.52. The molecule has 0 rings (SSSR count). The van der Waals surface area contributed by atoms with Gasteiger partial charge in [0.1, 0.15) is 6.61 Å². The monoisotopic (exact) mass is 285 g/mol. The van der Waals surface area contributed by atoms with Crippen LogP contribution in [0.4, 0.5) is 13.2 Å². The first-order valence-electron chi connectivity index (χ1n) is 6.14. The normalized spacial score (nSPS) is 13.0. The third-order valence-corrected chi connectivity index (χ3v) is 2.53. The van der Waals surface area contributed by atoms with Crippen molar-refractivity contribution in [1.29, 1.82) is 0 Å². The third kappa shape index (κ3) is 10.8. The Balaban J connectivity index is 3.97. The van der Waals surface area contributed by atoms with Crippen molar-refractivity contribution in [3.05, 3.63) is 0 Å². The van der Waals surface area contributed by atoms with Gasteiger partial charge in [0.2, 0.25) is 0 Å². The zero-order valence-corrected chi connectivity index (χ0v) is 11.6. The first-order valence-corrected chi connectivity index (χ1v) is 6.14. The highest BCUT2D eigenvalue weighted by molar-refractivity contribution is 5.66. The molecule has 0 heterocycles. The van der Waals surface area contributed by atoms with Gasteiger partial charge in [0.15, 0.2) is 0 Å². The third-order valence-electron chi connectivity index (χ3n) is 2.53. The molecule has 0 bridgehead atoms. The van der Waals surface area contributed by atoms with Crippen molar-refractivity contribution in [2.45, 2.75) is 45.3 Å². The van der Waals surface area contributed by atoms with Crippen molar-refractivity contribution >= 4 is 5.97 Å². The van der Waals surface area contributed by atoms with Crippen LogP contribution in [0, 0.1) is 0 Å². The number of carbonyl (C=O) groups is 1. The van der Waals surface area contributed by atoms with Crippen molar-refractivity contribution in [1.82, 2.24) is 4.90 Å². The first kappa shape index (κ1) is 18.2. The van der Waals surface area contributed by atoms with Crippen LogP contribution in [0.25, 0.3) is 0 Å². The number of carboxylic acids is 1. The fourth-order valence-electron chi connectivity index (χ4n) is 1.56. The fourth-order valence-corrected chi connectivity index (χ4v) is 1.56. The minimum Gasteiger partial charge on any atom is -0.481 e. The Morgan fingerprint density at radius 1 is 1.21 bits per heavy atom. The standard InChI is InChI=1S/C12H22F3NO3/c1-11(2,3)16(7-5-10(17)18)6-4-8-19-9-12(13,14)15/h4-9H2,1-3H3,(H,17,18). The number of carboxylic acid groups (broad SMARTS) is 1. The fraction of sp³-hybridized carbons (Fsp3) is 0.917. The average Bonchev–Trinajstić information content (AvgIpc) is 2.17. The number of hydrogen-bond acceptors (Lipinski definition) is 3. The summed E-state index contributed by atoms with van der Waals surface area (Å²) in [6, 6.07) is 0. The van der Waals surface area contributed by atoms with Crippen LogP contribution in [-0.2, 0) is 9.53 Å². The summed E-state index contributed by atoms with van der Waals surface area (Å²) in [5.74, 6) is -0.887. The molecule has 0 unspecified atom stereocenters. The second-order valence-corrected chi connectivity index (χ2v) is 5.32. The van der Waals surface area contributed by atoms with E-state index in [0.717, 1.165) is 0 Å². The molecule has 0 aliphatic heterocycles. The maximum atomic E-state index is 11.8. The molecule has 7 heteroatoms. The van der Waals surface area contributed by atoms with Crippen LogP contribution in [0.3, 0.4) is 0 Å². The molecule has 0 saturated heterocycles. The van der Waals surface area contributed by atoms with Crippen molar-refractivity contribution in [2.75, 3.05) is 26.3 Å². The Bertz CT molecular complexity index is 274. The second-order valence-electron chi connectivity index (χ2n) is 5.32. The molecule has 0 spiro atoms. The Labute approximate surface area is 111 Å². The van der Waals surface area contributed by atoms with Crippen LogP contribution >= 0.6 is 0 Å². The van der Waals surface area contributed by atoms with Gasteiger partial charge in [-0.3, -0.25) is 9.69 Å². The minimum absolute atomic E-state index is 0.0131. The summed E-state index contributed by atoms with van der Waals surface area (Å²) >= 11 is 0. The molecule has 19 heavy (non-hydrogen) atoms. The molecule has 0 aromatic heterocycles. The van der Waals surface area contributed by atoms with Crippen LogP contribution in [0.15, 0.2) is 0 Å². The Hall–Kier alpha value is -0.820. The van der Waals surface area contributed by atoms with Gasteiger partial charge in [-0.05, 0) is 27.2 Å². The van der Waals surface area contributed by atoms with Crippen molar-refractivity contribution in [3.63, 3.8) is 0 Å². The number of ether oxygens (including phenoxy) is 1. The highest BCUT2D eigenvalue weighted by atomic mass is 19.4. The number of alkyl halides is 3. The Morgan fingerprint density at radius 3 is 2.21 bits per heavy atom. The van der Waals surface area contributed by atoms with Crippen LogP contribution in [0.5, 0.6) is 0 Å². The molecule has 0 radical (unpaired) electrons. The van der Waals surface area contributed by atoms with Gasteiger partial charge in [0.05, 0.1) is 6.42 Å². The molecule has 0 atom stereocenters. The largest absolute Gasteiger partial charge is 0.481 e. The zero-order chi connectivity index (χ0) is 15.1. The number of aliphatic carboxylic acids is 1. The molecular formula is C12H22F3NO3. The average molecular weight is 285 g/mol. The number of nitrogens with zero attached hydrogens (tertiary/aromatic N) is 1. The molecule has 0 aromatic rings. The molecular weight excluding hydrogens is 263 g/mol. The Morgan fingerprint density at radius 2 is 1.79 bits per heavy atom. The van der Waals surface area contributed by atoms with E-state index >= 15 is 0 Å². The van der Waals surface area contributed by atoms with Crippen molar-refractivity contribution in [2.24, 2.45) is 0 Å². The molecule has 0 amide bonds. The molecule has 0 aliphatic carbocycles. The van der Waals surface area contributed by atoms with Gasteiger partial charge in [-0.25, -0.2) is 0 Å². The summed E-state index contributed by atoms with van der Waals surface area (Å²) in [5.41, 5.74) is -0.223. The molecule has 0 aromatic carbocycles. The van der Waals surface area contributed by atoms with E-state index < -0.39 is 18.8 Å². The number of hydrogen-bond donors (Lipinski definition) is 1. The molecule has 114 valence electrons. The van der Waals surface area contributed by atoms with Gasteiger partial charge >= 0.3 is 12.1 Å². The Kier molecular flexibility index (Phi) is 7.36. The number of halogens is 3. The maximum absolute atomic E-state index is 11.8. The summed E-state index contributed by atoms with van der Waals surface area (Å²) in [5, 5.41) is 8.65. The summed E-state index contributed by atoms with van der Waals surface area (Å²) < 4.78 is 40.0. The quantitative estimate of drug-likeness (QED) is 0.696. The van der Waals surface area contributed by atoms with Gasteiger partial charge < -0.3 is 9.84 Å². The molecule has 0 fully saturated rings. The molecule has 0 aliphatic rings. The van der Waals surface area contributed by atoms with Crippen LogP contribution in [0.1, 0.15) is 33.6 Å². The van der Waals surface area contributed by atoms with Crippen molar-refractivity contribution in [3.8, 4) is 0 Å².